The molecule has 1 N–H and O–H groups in total. The Morgan fingerprint density at radius 2 is 2.04 bits per heavy atom. The molecule has 0 radical (unpaired) electrons. The summed E-state index contributed by atoms with van der Waals surface area (Å²) in [5.74, 6) is -0.812. The van der Waals surface area contributed by atoms with E-state index in [-0.39, 0.29) is 36.3 Å². The molecule has 0 bridgehead atoms. The Kier molecular flexibility index (Phi) is 7.02. The molecule has 0 saturated heterocycles. The van der Waals surface area contributed by atoms with Crippen LogP contribution in [0.4, 0.5) is 5.69 Å². The highest BCUT2D eigenvalue weighted by atomic mass is 32.2. The summed E-state index contributed by atoms with van der Waals surface area (Å²) in [4.78, 5) is 37.1. The fourth-order valence-corrected chi connectivity index (χ4v) is 2.45. The highest BCUT2D eigenvalue weighted by molar-refractivity contribution is 7.98. The number of hydrogen-bond acceptors (Lipinski definition) is 5. The first-order chi connectivity index (χ1) is 10.8. The Labute approximate surface area is 139 Å². The molecule has 1 aromatic rings. The van der Waals surface area contributed by atoms with Crippen LogP contribution in [0.15, 0.2) is 23.1 Å². The van der Waals surface area contributed by atoms with Gasteiger partial charge in [-0.05, 0) is 39.2 Å². The van der Waals surface area contributed by atoms with Crippen LogP contribution >= 0.6 is 11.8 Å². The summed E-state index contributed by atoms with van der Waals surface area (Å²) in [6.07, 6.45) is 1.82. The molecule has 0 aliphatic rings. The van der Waals surface area contributed by atoms with Crippen LogP contribution in [-0.4, -0.2) is 47.0 Å². The fraction of sp³-hybridized carbons (Fsp3) is 0.467. The summed E-state index contributed by atoms with van der Waals surface area (Å²) in [7, 11) is 0. The standard InChI is InChI=1S/C15H21N3O4S/c1-5-17(9-14(19)16-10(2)3)15(20)12-8-11(23-4)6-7-13(12)18(21)22/h6-8,10H,5,9H2,1-4H3,(H,16,19). The Morgan fingerprint density at radius 1 is 1.39 bits per heavy atom. The molecule has 0 aromatic heterocycles. The number of rotatable bonds is 7. The molecule has 126 valence electrons. The second-order valence-electron chi connectivity index (χ2n) is 5.18. The minimum Gasteiger partial charge on any atom is -0.352 e. The number of nitro groups is 1. The number of likely N-dealkylation sites (N-methyl/N-ethyl adjacent to an activating group) is 1. The van der Waals surface area contributed by atoms with Gasteiger partial charge < -0.3 is 10.2 Å². The molecule has 0 aliphatic heterocycles. The van der Waals surface area contributed by atoms with Gasteiger partial charge in [0.1, 0.15) is 5.56 Å². The molecule has 0 aliphatic carbocycles. The van der Waals surface area contributed by atoms with Crippen LogP contribution < -0.4 is 5.32 Å². The number of amides is 2. The third kappa shape index (κ3) is 5.24. The number of benzene rings is 1. The van der Waals surface area contributed by atoms with Crippen LogP contribution in [-0.2, 0) is 4.79 Å². The SMILES string of the molecule is CCN(CC(=O)NC(C)C)C(=O)c1cc(SC)ccc1[N+](=O)[O-]. The maximum Gasteiger partial charge on any atom is 0.282 e. The lowest BCUT2D eigenvalue weighted by atomic mass is 10.1. The molecule has 0 spiro atoms. The summed E-state index contributed by atoms with van der Waals surface area (Å²) in [6, 6.07) is 4.38. The largest absolute Gasteiger partial charge is 0.352 e. The predicted molar refractivity (Wildman–Crippen MR) is 89.7 cm³/mol. The van der Waals surface area contributed by atoms with Crippen molar-refractivity contribution in [1.82, 2.24) is 10.2 Å². The molecule has 0 fully saturated rings. The monoisotopic (exact) mass is 339 g/mol. The summed E-state index contributed by atoms with van der Waals surface area (Å²) < 4.78 is 0. The van der Waals surface area contributed by atoms with Gasteiger partial charge in [-0.15, -0.1) is 11.8 Å². The van der Waals surface area contributed by atoms with Crippen LogP contribution in [0.3, 0.4) is 0 Å². The average molecular weight is 339 g/mol. The van der Waals surface area contributed by atoms with Crippen molar-refractivity contribution < 1.29 is 14.5 Å². The molecular weight excluding hydrogens is 318 g/mol. The van der Waals surface area contributed by atoms with Gasteiger partial charge >= 0.3 is 0 Å². The van der Waals surface area contributed by atoms with Crippen molar-refractivity contribution >= 4 is 29.3 Å². The minimum absolute atomic E-state index is 0.000969. The first-order valence-electron chi connectivity index (χ1n) is 7.21. The molecule has 0 saturated carbocycles. The summed E-state index contributed by atoms with van der Waals surface area (Å²) in [5.41, 5.74) is -0.253. The van der Waals surface area contributed by atoms with Crippen LogP contribution in [0, 0.1) is 10.1 Å². The molecule has 1 aromatic carbocycles. The quantitative estimate of drug-likeness (QED) is 0.467. The third-order valence-electron chi connectivity index (χ3n) is 3.08. The van der Waals surface area contributed by atoms with Gasteiger partial charge in [0.15, 0.2) is 0 Å². The maximum absolute atomic E-state index is 12.6. The van der Waals surface area contributed by atoms with E-state index < -0.39 is 10.8 Å². The van der Waals surface area contributed by atoms with E-state index in [9.17, 15) is 19.7 Å². The lowest BCUT2D eigenvalue weighted by Crippen LogP contribution is -2.42. The van der Waals surface area contributed by atoms with Crippen molar-refractivity contribution in [3.63, 3.8) is 0 Å². The number of nitro benzene ring substituents is 1. The van der Waals surface area contributed by atoms with E-state index >= 15 is 0 Å². The van der Waals surface area contributed by atoms with Gasteiger partial charge in [0, 0.05) is 23.5 Å². The molecule has 0 atom stereocenters. The van der Waals surface area contributed by atoms with E-state index in [1.165, 1.54) is 28.8 Å². The van der Waals surface area contributed by atoms with Crippen LogP contribution in [0.5, 0.6) is 0 Å². The zero-order valence-corrected chi connectivity index (χ0v) is 14.5. The topological polar surface area (TPSA) is 92.6 Å². The zero-order chi connectivity index (χ0) is 17.6. The molecular formula is C15H21N3O4S. The maximum atomic E-state index is 12.6. The van der Waals surface area contributed by atoms with Gasteiger partial charge in [-0.3, -0.25) is 19.7 Å². The molecule has 1 rings (SSSR count). The van der Waals surface area contributed by atoms with Crippen LogP contribution in [0.2, 0.25) is 0 Å². The van der Waals surface area contributed by atoms with Crippen molar-refractivity contribution in [2.24, 2.45) is 0 Å². The van der Waals surface area contributed by atoms with E-state index in [0.717, 1.165) is 4.90 Å². The third-order valence-corrected chi connectivity index (χ3v) is 3.81. The van der Waals surface area contributed by atoms with E-state index in [1.54, 1.807) is 13.0 Å². The first-order valence-corrected chi connectivity index (χ1v) is 8.43. The van der Waals surface area contributed by atoms with Gasteiger partial charge in [0.25, 0.3) is 11.6 Å². The predicted octanol–water partition coefficient (Wildman–Crippen LogP) is 2.30. The number of hydrogen-bond donors (Lipinski definition) is 1. The van der Waals surface area contributed by atoms with E-state index in [0.29, 0.717) is 0 Å². The fourth-order valence-electron chi connectivity index (χ4n) is 2.01. The molecule has 0 unspecified atom stereocenters. The lowest BCUT2D eigenvalue weighted by Gasteiger charge is -2.21. The van der Waals surface area contributed by atoms with Crippen molar-refractivity contribution in [2.45, 2.75) is 31.7 Å². The van der Waals surface area contributed by atoms with E-state index in [2.05, 4.69) is 5.32 Å². The van der Waals surface area contributed by atoms with Gasteiger partial charge in [0.05, 0.1) is 11.5 Å². The van der Waals surface area contributed by atoms with Crippen LogP contribution in [0.25, 0.3) is 0 Å². The van der Waals surface area contributed by atoms with Crippen molar-refractivity contribution in [1.29, 1.82) is 0 Å². The van der Waals surface area contributed by atoms with Gasteiger partial charge in [-0.25, -0.2) is 0 Å². The van der Waals surface area contributed by atoms with E-state index in [4.69, 9.17) is 0 Å². The Morgan fingerprint density at radius 3 is 2.52 bits per heavy atom. The van der Waals surface area contributed by atoms with Crippen molar-refractivity contribution in [2.75, 3.05) is 19.3 Å². The zero-order valence-electron chi connectivity index (χ0n) is 13.7. The molecule has 2 amide bonds. The van der Waals surface area contributed by atoms with Crippen LogP contribution in [0.1, 0.15) is 31.1 Å². The summed E-state index contributed by atoms with van der Waals surface area (Å²) in [6.45, 7) is 5.52. The summed E-state index contributed by atoms with van der Waals surface area (Å²) in [5, 5.41) is 13.9. The van der Waals surface area contributed by atoms with Gasteiger partial charge in [-0.2, -0.15) is 0 Å². The van der Waals surface area contributed by atoms with Crippen molar-refractivity contribution in [3.8, 4) is 0 Å². The number of thioether (sulfide) groups is 1. The lowest BCUT2D eigenvalue weighted by molar-refractivity contribution is -0.385. The van der Waals surface area contributed by atoms with Crippen molar-refractivity contribution in [3.05, 3.63) is 33.9 Å². The van der Waals surface area contributed by atoms with E-state index in [1.807, 2.05) is 20.1 Å². The highest BCUT2D eigenvalue weighted by Crippen LogP contribution is 2.26. The normalized spacial score (nSPS) is 10.5. The summed E-state index contributed by atoms with van der Waals surface area (Å²) >= 11 is 1.39. The number of nitrogens with one attached hydrogen (secondary N) is 1. The Balaban J connectivity index is 3.09. The smallest absolute Gasteiger partial charge is 0.282 e. The average Bonchev–Trinajstić information content (AvgIpc) is 2.50. The number of carbonyl (C=O) groups excluding carboxylic acids is 2. The molecule has 7 nitrogen and oxygen atoms in total. The number of nitrogens with zero attached hydrogens (tertiary/aromatic N) is 2. The highest BCUT2D eigenvalue weighted by Gasteiger charge is 2.25. The second-order valence-corrected chi connectivity index (χ2v) is 6.06. The minimum atomic E-state index is -0.584. The first kappa shape index (κ1) is 19.0. The number of carbonyl (C=O) groups is 2. The molecule has 0 heterocycles. The Hall–Kier alpha value is -2.09. The van der Waals surface area contributed by atoms with Gasteiger partial charge in [-0.1, -0.05) is 0 Å². The van der Waals surface area contributed by atoms with Gasteiger partial charge in [0.2, 0.25) is 5.91 Å². The second kappa shape index (κ2) is 8.52. The molecule has 23 heavy (non-hydrogen) atoms. The molecule has 8 heteroatoms. The Bertz CT molecular complexity index is 604.